The SMILES string of the molecule is CCN1C(=O)/C(=C2\Sc3ccccc3N2C)S/C1=N\c1cccc[n+]1C. The lowest BCUT2D eigenvalue weighted by Crippen LogP contribution is -2.31. The molecule has 2 aliphatic rings. The molecule has 1 saturated heterocycles. The highest BCUT2D eigenvalue weighted by molar-refractivity contribution is 8.19. The Morgan fingerprint density at radius 2 is 1.88 bits per heavy atom. The molecule has 1 fully saturated rings. The molecule has 0 unspecified atom stereocenters. The van der Waals surface area contributed by atoms with Crippen LogP contribution in [0.2, 0.25) is 0 Å². The Morgan fingerprint density at radius 1 is 1.12 bits per heavy atom. The topological polar surface area (TPSA) is 39.8 Å². The number of likely N-dealkylation sites (N-methyl/N-ethyl adjacent to an activating group) is 1. The van der Waals surface area contributed by atoms with Crippen LogP contribution < -0.4 is 9.47 Å². The number of aromatic nitrogens is 1. The third kappa shape index (κ3) is 2.81. The number of amidine groups is 1. The first-order valence-corrected chi connectivity index (χ1v) is 10.0. The third-order valence-electron chi connectivity index (χ3n) is 4.35. The smallest absolute Gasteiger partial charge is 0.326 e. The van der Waals surface area contributed by atoms with E-state index in [9.17, 15) is 4.79 Å². The molecule has 0 saturated carbocycles. The van der Waals surface area contributed by atoms with Gasteiger partial charge in [0.2, 0.25) is 0 Å². The van der Waals surface area contributed by atoms with Crippen LogP contribution in [0.25, 0.3) is 0 Å². The van der Waals surface area contributed by atoms with Gasteiger partial charge in [-0.3, -0.25) is 9.69 Å². The van der Waals surface area contributed by atoms with Crippen molar-refractivity contribution in [1.29, 1.82) is 0 Å². The van der Waals surface area contributed by atoms with Crippen molar-refractivity contribution in [3.8, 4) is 0 Å². The van der Waals surface area contributed by atoms with E-state index in [-0.39, 0.29) is 5.91 Å². The molecule has 2 aromatic rings. The van der Waals surface area contributed by atoms with Crippen molar-refractivity contribution >= 4 is 46.1 Å². The van der Waals surface area contributed by atoms with Gasteiger partial charge in [0.05, 0.1) is 24.0 Å². The maximum atomic E-state index is 13.0. The van der Waals surface area contributed by atoms with E-state index in [0.717, 1.165) is 26.6 Å². The van der Waals surface area contributed by atoms with Crippen molar-refractivity contribution < 1.29 is 9.36 Å². The molecule has 0 atom stereocenters. The number of benzene rings is 1. The Hall–Kier alpha value is -2.25. The van der Waals surface area contributed by atoms with Crippen LogP contribution in [0, 0.1) is 0 Å². The lowest BCUT2D eigenvalue weighted by molar-refractivity contribution is -0.658. The summed E-state index contributed by atoms with van der Waals surface area (Å²) in [7, 11) is 3.96. The van der Waals surface area contributed by atoms with E-state index >= 15 is 0 Å². The van der Waals surface area contributed by atoms with Crippen molar-refractivity contribution in [2.75, 3.05) is 18.5 Å². The van der Waals surface area contributed by atoms with Crippen molar-refractivity contribution in [2.24, 2.45) is 12.0 Å². The zero-order chi connectivity index (χ0) is 18.3. The number of para-hydroxylation sites is 1. The monoisotopic (exact) mass is 383 g/mol. The number of fused-ring (bicyclic) bond motifs is 1. The number of pyridine rings is 1. The standard InChI is InChI=1S/C19H19N4OS2/c1-4-23-17(24)16(18-22(3)13-9-5-6-10-14(13)25-18)26-19(23)20-15-11-7-8-12-21(15)2/h5-12H,4H2,1-3H3/q+1/b18-16+. The van der Waals surface area contributed by atoms with E-state index < -0.39 is 0 Å². The van der Waals surface area contributed by atoms with E-state index in [2.05, 4.69) is 17.0 Å². The molecular weight excluding hydrogens is 364 g/mol. The predicted octanol–water partition coefficient (Wildman–Crippen LogP) is 3.51. The third-order valence-corrected chi connectivity index (χ3v) is 6.78. The number of anilines is 1. The van der Waals surface area contributed by atoms with Gasteiger partial charge in [0, 0.05) is 24.6 Å². The Labute approximate surface area is 161 Å². The summed E-state index contributed by atoms with van der Waals surface area (Å²) < 4.78 is 1.95. The van der Waals surface area contributed by atoms with E-state index in [1.165, 1.54) is 16.7 Å². The number of aryl methyl sites for hydroxylation is 1. The number of hydrogen-bond donors (Lipinski definition) is 0. The fourth-order valence-electron chi connectivity index (χ4n) is 2.93. The summed E-state index contributed by atoms with van der Waals surface area (Å²) in [5.41, 5.74) is 1.14. The fraction of sp³-hybridized carbons (Fsp3) is 0.211. The molecule has 1 aromatic heterocycles. The van der Waals surface area contributed by atoms with Gasteiger partial charge >= 0.3 is 5.82 Å². The molecular formula is C19H19N4OS2+. The first kappa shape index (κ1) is 17.2. The lowest BCUT2D eigenvalue weighted by atomic mass is 10.3. The molecule has 2 aliphatic heterocycles. The minimum Gasteiger partial charge on any atom is -0.337 e. The highest BCUT2D eigenvalue weighted by atomic mass is 32.2. The second-order valence-electron chi connectivity index (χ2n) is 5.98. The molecule has 4 rings (SSSR count). The van der Waals surface area contributed by atoms with Crippen molar-refractivity contribution in [2.45, 2.75) is 11.8 Å². The van der Waals surface area contributed by atoms with Crippen molar-refractivity contribution in [3.63, 3.8) is 0 Å². The Kier molecular flexibility index (Phi) is 4.50. The van der Waals surface area contributed by atoms with E-state index in [4.69, 9.17) is 4.99 Å². The van der Waals surface area contributed by atoms with E-state index in [1.54, 1.807) is 16.7 Å². The molecule has 0 radical (unpaired) electrons. The summed E-state index contributed by atoms with van der Waals surface area (Å²) in [6.45, 7) is 2.58. The van der Waals surface area contributed by atoms with Gasteiger partial charge in [0.25, 0.3) is 11.1 Å². The molecule has 3 heterocycles. The van der Waals surface area contributed by atoms with Gasteiger partial charge in [-0.2, -0.15) is 0 Å². The Balaban J connectivity index is 1.75. The van der Waals surface area contributed by atoms with Crippen LogP contribution in [0.3, 0.4) is 0 Å². The number of thioether (sulfide) groups is 2. The summed E-state index contributed by atoms with van der Waals surface area (Å²) in [6.07, 6.45) is 1.95. The first-order chi connectivity index (χ1) is 12.6. The van der Waals surface area contributed by atoms with Gasteiger partial charge in [-0.1, -0.05) is 30.0 Å². The van der Waals surface area contributed by atoms with E-state index in [0.29, 0.717) is 6.54 Å². The molecule has 0 N–H and O–H groups in total. The maximum absolute atomic E-state index is 13.0. The summed E-state index contributed by atoms with van der Waals surface area (Å²) in [5.74, 6) is 0.847. The average molecular weight is 384 g/mol. The zero-order valence-corrected chi connectivity index (χ0v) is 16.5. The van der Waals surface area contributed by atoms with Crippen LogP contribution in [0.4, 0.5) is 11.5 Å². The van der Waals surface area contributed by atoms with Gasteiger partial charge in [-0.05, 0) is 41.9 Å². The quantitative estimate of drug-likeness (QED) is 0.588. The van der Waals surface area contributed by atoms with Crippen LogP contribution in [0.15, 0.2) is 68.5 Å². The minimum absolute atomic E-state index is 0.0250. The lowest BCUT2D eigenvalue weighted by Gasteiger charge is -2.14. The van der Waals surface area contributed by atoms with Gasteiger partial charge in [-0.15, -0.1) is 0 Å². The fourth-order valence-corrected chi connectivity index (χ4v) is 5.32. The number of carbonyl (C=O) groups excluding carboxylic acids is 1. The minimum atomic E-state index is 0.0250. The maximum Gasteiger partial charge on any atom is 0.326 e. The van der Waals surface area contributed by atoms with Gasteiger partial charge in [0.1, 0.15) is 4.91 Å². The molecule has 132 valence electrons. The summed E-state index contributed by atoms with van der Waals surface area (Å²) in [5, 5.41) is 1.70. The molecule has 5 nitrogen and oxygen atoms in total. The normalized spacial score (nSPS) is 21.0. The van der Waals surface area contributed by atoms with E-state index in [1.807, 2.05) is 62.1 Å². The van der Waals surface area contributed by atoms with Crippen LogP contribution in [-0.4, -0.2) is 29.6 Å². The molecule has 0 spiro atoms. The molecule has 1 aromatic carbocycles. The molecule has 1 amide bonds. The van der Waals surface area contributed by atoms with Gasteiger partial charge in [0.15, 0.2) is 0 Å². The van der Waals surface area contributed by atoms with Crippen LogP contribution in [0.1, 0.15) is 6.92 Å². The number of nitrogens with zero attached hydrogens (tertiary/aromatic N) is 4. The largest absolute Gasteiger partial charge is 0.337 e. The molecule has 7 heteroatoms. The number of amides is 1. The van der Waals surface area contributed by atoms with Crippen LogP contribution >= 0.6 is 23.5 Å². The second kappa shape index (κ2) is 6.81. The van der Waals surface area contributed by atoms with Crippen molar-refractivity contribution in [3.05, 3.63) is 58.6 Å². The molecule has 0 bridgehead atoms. The second-order valence-corrected chi connectivity index (χ2v) is 7.99. The van der Waals surface area contributed by atoms with Gasteiger partial charge in [-0.25, -0.2) is 4.57 Å². The first-order valence-electron chi connectivity index (χ1n) is 8.38. The summed E-state index contributed by atoms with van der Waals surface area (Å²) in [6, 6.07) is 14.1. The van der Waals surface area contributed by atoms with Crippen molar-refractivity contribution in [1.82, 2.24) is 4.90 Å². The van der Waals surface area contributed by atoms with Crippen LogP contribution in [0.5, 0.6) is 0 Å². The number of rotatable bonds is 2. The number of carbonyl (C=O) groups is 1. The zero-order valence-electron chi connectivity index (χ0n) is 14.8. The van der Waals surface area contributed by atoms with Crippen LogP contribution in [-0.2, 0) is 11.8 Å². The average Bonchev–Trinajstić information content (AvgIpc) is 3.14. The highest BCUT2D eigenvalue weighted by Gasteiger charge is 2.41. The number of aliphatic imine (C=N–C) groups is 1. The summed E-state index contributed by atoms with van der Waals surface area (Å²) >= 11 is 3.10. The Bertz CT molecular complexity index is 954. The van der Waals surface area contributed by atoms with Gasteiger partial charge < -0.3 is 4.90 Å². The highest BCUT2D eigenvalue weighted by Crippen LogP contribution is 2.49. The summed E-state index contributed by atoms with van der Waals surface area (Å²) in [4.78, 5) is 23.5. The predicted molar refractivity (Wildman–Crippen MR) is 107 cm³/mol. The molecule has 26 heavy (non-hydrogen) atoms. The Morgan fingerprint density at radius 3 is 2.62 bits per heavy atom. The molecule has 0 aliphatic carbocycles. The number of hydrogen-bond acceptors (Lipinski definition) is 5.